The lowest BCUT2D eigenvalue weighted by Gasteiger charge is -2.23. The number of benzene rings is 1. The molecule has 0 spiro atoms. The van der Waals surface area contributed by atoms with Gasteiger partial charge in [-0.3, -0.25) is 24.1 Å². The average Bonchev–Trinajstić information content (AvgIpc) is 3.25. The van der Waals surface area contributed by atoms with E-state index < -0.39 is 9.84 Å². The molecule has 154 valence electrons. The lowest BCUT2D eigenvalue weighted by atomic mass is 10.1. The molecule has 1 aromatic carbocycles. The quantitative estimate of drug-likeness (QED) is 0.687. The maximum Gasteiger partial charge on any atom is 0.262 e. The molecule has 3 heterocycles. The molecule has 0 bridgehead atoms. The van der Waals surface area contributed by atoms with Crippen molar-refractivity contribution in [3.05, 3.63) is 52.3 Å². The van der Waals surface area contributed by atoms with Crippen molar-refractivity contribution in [2.24, 2.45) is 0 Å². The third-order valence-electron chi connectivity index (χ3n) is 5.72. The molecule has 2 aliphatic rings. The molecule has 2 amide bonds. The molecule has 8 nitrogen and oxygen atoms in total. The lowest BCUT2D eigenvalue weighted by molar-refractivity contribution is 0.0559. The van der Waals surface area contributed by atoms with Crippen LogP contribution in [0.15, 0.2) is 24.3 Å². The Morgan fingerprint density at radius 1 is 1.14 bits per heavy atom. The summed E-state index contributed by atoms with van der Waals surface area (Å²) in [5.41, 5.74) is 3.63. The van der Waals surface area contributed by atoms with Crippen LogP contribution in [0.5, 0.6) is 0 Å². The lowest BCUT2D eigenvalue weighted by Crippen LogP contribution is -2.39. The van der Waals surface area contributed by atoms with Crippen LogP contribution in [0.4, 0.5) is 0 Å². The van der Waals surface area contributed by atoms with Crippen molar-refractivity contribution >= 4 is 21.7 Å². The number of nitrogens with zero attached hydrogens (tertiary/aromatic N) is 4. The highest BCUT2D eigenvalue weighted by atomic mass is 32.2. The molecule has 0 aliphatic carbocycles. The number of hydrogen-bond donors (Lipinski definition) is 0. The number of amides is 2. The Morgan fingerprint density at radius 2 is 1.76 bits per heavy atom. The minimum absolute atomic E-state index is 0.124. The third-order valence-corrected chi connectivity index (χ3v) is 7.47. The molecule has 1 atom stereocenters. The Bertz CT molecular complexity index is 1070. The number of carbonyl (C=O) groups excluding carboxylic acids is 2. The van der Waals surface area contributed by atoms with Crippen LogP contribution >= 0.6 is 0 Å². The van der Waals surface area contributed by atoms with Crippen molar-refractivity contribution in [3.8, 4) is 0 Å². The monoisotopic (exact) mass is 416 g/mol. The van der Waals surface area contributed by atoms with Gasteiger partial charge in [0.1, 0.15) is 0 Å². The number of carbonyl (C=O) groups is 2. The summed E-state index contributed by atoms with van der Waals surface area (Å²) >= 11 is 0. The number of sulfone groups is 1. The summed E-state index contributed by atoms with van der Waals surface area (Å²) in [6.45, 7) is 4.52. The van der Waals surface area contributed by atoms with Crippen LogP contribution in [0, 0.1) is 13.8 Å². The summed E-state index contributed by atoms with van der Waals surface area (Å²) in [7, 11) is -1.15. The van der Waals surface area contributed by atoms with E-state index in [0.717, 1.165) is 17.0 Å². The van der Waals surface area contributed by atoms with Crippen LogP contribution < -0.4 is 0 Å². The van der Waals surface area contributed by atoms with Gasteiger partial charge in [-0.05, 0) is 39.4 Å². The van der Waals surface area contributed by atoms with Crippen LogP contribution in [0.2, 0.25) is 0 Å². The summed E-state index contributed by atoms with van der Waals surface area (Å²) in [4.78, 5) is 28.3. The average molecular weight is 417 g/mol. The van der Waals surface area contributed by atoms with Gasteiger partial charge >= 0.3 is 0 Å². The predicted octanol–water partition coefficient (Wildman–Crippen LogP) is 1.55. The van der Waals surface area contributed by atoms with Crippen molar-refractivity contribution in [2.75, 3.05) is 25.2 Å². The number of aromatic nitrogens is 2. The SMILES string of the molecule is Cc1nn([C@H]2CCS(=O)(=O)C2)c(C)c1CN(C)CN1C(=O)c2ccccc2C1=O. The highest BCUT2D eigenvalue weighted by Crippen LogP contribution is 2.28. The molecule has 1 saturated heterocycles. The van der Waals surface area contributed by atoms with E-state index in [2.05, 4.69) is 5.10 Å². The first-order valence-corrected chi connectivity index (χ1v) is 11.4. The summed E-state index contributed by atoms with van der Waals surface area (Å²) in [5, 5.41) is 4.58. The van der Waals surface area contributed by atoms with Crippen molar-refractivity contribution in [3.63, 3.8) is 0 Å². The minimum Gasteiger partial charge on any atom is -0.284 e. The zero-order valence-corrected chi connectivity index (χ0v) is 17.6. The van der Waals surface area contributed by atoms with Gasteiger partial charge in [0.2, 0.25) is 0 Å². The maximum absolute atomic E-state index is 12.6. The van der Waals surface area contributed by atoms with E-state index in [1.807, 2.05) is 30.5 Å². The smallest absolute Gasteiger partial charge is 0.262 e. The molecule has 1 aromatic heterocycles. The van der Waals surface area contributed by atoms with E-state index >= 15 is 0 Å². The Balaban J connectivity index is 1.49. The first-order chi connectivity index (χ1) is 13.7. The minimum atomic E-state index is -2.99. The summed E-state index contributed by atoms with van der Waals surface area (Å²) in [5.74, 6) is -0.236. The van der Waals surface area contributed by atoms with Crippen LogP contribution in [-0.2, 0) is 16.4 Å². The third kappa shape index (κ3) is 3.49. The fourth-order valence-electron chi connectivity index (χ4n) is 4.18. The van der Waals surface area contributed by atoms with E-state index in [-0.39, 0.29) is 36.0 Å². The molecular weight excluding hydrogens is 392 g/mol. The zero-order valence-electron chi connectivity index (χ0n) is 16.8. The van der Waals surface area contributed by atoms with Crippen LogP contribution in [0.1, 0.15) is 50.1 Å². The van der Waals surface area contributed by atoms with E-state index in [1.165, 1.54) is 4.90 Å². The van der Waals surface area contributed by atoms with Gasteiger partial charge in [-0.1, -0.05) is 12.1 Å². The molecule has 1 fully saturated rings. The van der Waals surface area contributed by atoms with Crippen molar-refractivity contribution in [2.45, 2.75) is 32.9 Å². The molecule has 4 rings (SSSR count). The Labute approximate surface area is 170 Å². The van der Waals surface area contributed by atoms with Crippen molar-refractivity contribution in [1.82, 2.24) is 19.6 Å². The second-order valence-corrected chi connectivity index (χ2v) is 10.1. The van der Waals surface area contributed by atoms with E-state index in [9.17, 15) is 18.0 Å². The molecule has 0 radical (unpaired) electrons. The number of aryl methyl sites for hydroxylation is 1. The van der Waals surface area contributed by atoms with Gasteiger partial charge in [0.25, 0.3) is 11.8 Å². The van der Waals surface area contributed by atoms with Gasteiger partial charge in [0.15, 0.2) is 9.84 Å². The standard InChI is InChI=1S/C20H24N4O4S/c1-13-18(14(2)24(21-13)15-8-9-29(27,28)11-15)10-22(3)12-23-19(25)16-6-4-5-7-17(16)20(23)26/h4-7,15H,8-12H2,1-3H3/t15-/m0/s1. The Kier molecular flexibility index (Phi) is 4.82. The van der Waals surface area contributed by atoms with Gasteiger partial charge in [-0.2, -0.15) is 5.10 Å². The molecule has 0 saturated carbocycles. The first-order valence-electron chi connectivity index (χ1n) is 9.56. The van der Waals surface area contributed by atoms with E-state index in [0.29, 0.717) is 24.1 Å². The Morgan fingerprint density at radius 3 is 2.31 bits per heavy atom. The van der Waals surface area contributed by atoms with E-state index in [4.69, 9.17) is 0 Å². The maximum atomic E-state index is 12.6. The number of rotatable bonds is 5. The normalized spacial score (nSPS) is 20.7. The second kappa shape index (κ2) is 7.07. The van der Waals surface area contributed by atoms with Crippen LogP contribution in [0.3, 0.4) is 0 Å². The van der Waals surface area contributed by atoms with Gasteiger partial charge in [-0.15, -0.1) is 0 Å². The largest absolute Gasteiger partial charge is 0.284 e. The molecule has 0 unspecified atom stereocenters. The van der Waals surface area contributed by atoms with Gasteiger partial charge < -0.3 is 0 Å². The van der Waals surface area contributed by atoms with Crippen LogP contribution in [-0.4, -0.2) is 65.0 Å². The topological polar surface area (TPSA) is 92.6 Å². The van der Waals surface area contributed by atoms with Gasteiger partial charge in [0.05, 0.1) is 41.0 Å². The first kappa shape index (κ1) is 19.8. The number of fused-ring (bicyclic) bond motifs is 1. The Hall–Kier alpha value is -2.52. The second-order valence-electron chi connectivity index (χ2n) is 7.89. The molecule has 9 heteroatoms. The number of hydrogen-bond acceptors (Lipinski definition) is 6. The fraction of sp³-hybridized carbons (Fsp3) is 0.450. The molecule has 2 aliphatic heterocycles. The van der Waals surface area contributed by atoms with E-state index in [1.54, 1.807) is 24.3 Å². The van der Waals surface area contributed by atoms with Crippen molar-refractivity contribution < 1.29 is 18.0 Å². The predicted molar refractivity (Wildman–Crippen MR) is 107 cm³/mol. The summed E-state index contributed by atoms with van der Waals surface area (Å²) < 4.78 is 25.5. The molecule has 2 aromatic rings. The van der Waals surface area contributed by atoms with Gasteiger partial charge in [-0.25, -0.2) is 8.42 Å². The van der Waals surface area contributed by atoms with Crippen molar-refractivity contribution in [1.29, 1.82) is 0 Å². The van der Waals surface area contributed by atoms with Crippen LogP contribution in [0.25, 0.3) is 0 Å². The molecule has 29 heavy (non-hydrogen) atoms. The highest BCUT2D eigenvalue weighted by Gasteiger charge is 2.36. The summed E-state index contributed by atoms with van der Waals surface area (Å²) in [6.07, 6.45) is 0.578. The molecule has 0 N–H and O–H groups in total. The zero-order chi connectivity index (χ0) is 20.9. The number of imide groups is 1. The molecular formula is C20H24N4O4S. The van der Waals surface area contributed by atoms with Gasteiger partial charge in [0, 0.05) is 17.8 Å². The fourth-order valence-corrected chi connectivity index (χ4v) is 5.87. The highest BCUT2D eigenvalue weighted by molar-refractivity contribution is 7.91. The summed E-state index contributed by atoms with van der Waals surface area (Å²) in [6, 6.07) is 6.71.